The fraction of sp³-hybridized carbons (Fsp3) is 0.667. The van der Waals surface area contributed by atoms with Crippen molar-refractivity contribution in [3.05, 3.63) is 0 Å². The van der Waals surface area contributed by atoms with Crippen LogP contribution in [-0.4, -0.2) is 32.0 Å². The summed E-state index contributed by atoms with van der Waals surface area (Å²) >= 11 is 0. The average molecular weight is 233 g/mol. The van der Waals surface area contributed by atoms with Crippen molar-refractivity contribution < 1.29 is 14.3 Å². The maximum Gasteiger partial charge on any atom is 0.384 e. The number of ether oxygens (including phenoxy) is 2. The third-order valence-electron chi connectivity index (χ3n) is 2.71. The molecule has 0 atom stereocenters. The van der Waals surface area contributed by atoms with Crippen LogP contribution in [-0.2, 0) is 14.3 Å². The lowest BCUT2D eigenvalue weighted by Crippen LogP contribution is -2.25. The van der Waals surface area contributed by atoms with Crippen LogP contribution in [0.3, 0.4) is 0 Å². The van der Waals surface area contributed by atoms with Gasteiger partial charge < -0.3 is 9.47 Å². The zero-order chi connectivity index (χ0) is 12.5. The standard InChI is InChI=1S/C12H16BNO3/c1-2-16-12(15)4-3-9-17-11-5-7-13(10-14)8-6-11/h11H,2,5-9H2,1H3. The van der Waals surface area contributed by atoms with Gasteiger partial charge in [0.15, 0.2) is 0 Å². The van der Waals surface area contributed by atoms with E-state index in [9.17, 15) is 4.79 Å². The Labute approximate surface area is 102 Å². The van der Waals surface area contributed by atoms with Crippen LogP contribution in [0.4, 0.5) is 0 Å². The van der Waals surface area contributed by atoms with Crippen molar-refractivity contribution in [2.75, 3.05) is 13.2 Å². The second-order valence-corrected chi connectivity index (χ2v) is 3.94. The first-order valence-corrected chi connectivity index (χ1v) is 5.93. The largest absolute Gasteiger partial charge is 0.456 e. The molecule has 0 aromatic carbocycles. The molecule has 0 spiro atoms. The van der Waals surface area contributed by atoms with Gasteiger partial charge in [-0.15, -0.1) is 0 Å². The van der Waals surface area contributed by atoms with Gasteiger partial charge in [0.25, 0.3) is 6.71 Å². The molecule has 0 unspecified atom stereocenters. The van der Waals surface area contributed by atoms with E-state index in [1.807, 2.05) is 0 Å². The van der Waals surface area contributed by atoms with Gasteiger partial charge in [-0.3, -0.25) is 0 Å². The summed E-state index contributed by atoms with van der Waals surface area (Å²) in [7, 11) is 0. The highest BCUT2D eigenvalue weighted by atomic mass is 16.5. The van der Waals surface area contributed by atoms with E-state index in [2.05, 4.69) is 22.5 Å². The third-order valence-corrected chi connectivity index (χ3v) is 2.71. The molecule has 0 saturated carbocycles. The molecular weight excluding hydrogens is 217 g/mol. The highest BCUT2D eigenvalue weighted by Gasteiger charge is 2.24. The maximum atomic E-state index is 10.9. The van der Waals surface area contributed by atoms with E-state index >= 15 is 0 Å². The number of esters is 1. The lowest BCUT2D eigenvalue weighted by Gasteiger charge is -2.22. The summed E-state index contributed by atoms with van der Waals surface area (Å²) in [5.41, 5.74) is 0. The Morgan fingerprint density at radius 3 is 2.76 bits per heavy atom. The molecule has 0 aliphatic carbocycles. The summed E-state index contributed by atoms with van der Waals surface area (Å²) in [5.74, 6) is 6.75. The highest BCUT2D eigenvalue weighted by Crippen LogP contribution is 2.21. The summed E-state index contributed by atoms with van der Waals surface area (Å²) in [6.45, 7) is 2.51. The van der Waals surface area contributed by atoms with Crippen molar-refractivity contribution in [3.8, 4) is 17.8 Å². The van der Waals surface area contributed by atoms with Crippen molar-refractivity contribution >= 4 is 12.7 Å². The average Bonchev–Trinajstić information content (AvgIpc) is 2.36. The summed E-state index contributed by atoms with van der Waals surface area (Å²) in [6.07, 6.45) is 3.77. The minimum absolute atomic E-state index is 0.177. The van der Waals surface area contributed by atoms with Crippen LogP contribution < -0.4 is 0 Å². The minimum Gasteiger partial charge on any atom is -0.456 e. The zero-order valence-electron chi connectivity index (χ0n) is 10.1. The zero-order valence-corrected chi connectivity index (χ0v) is 10.1. The second-order valence-electron chi connectivity index (χ2n) is 3.94. The summed E-state index contributed by atoms with van der Waals surface area (Å²) in [5, 5.41) is 8.74. The van der Waals surface area contributed by atoms with Gasteiger partial charge in [0.05, 0.1) is 12.7 Å². The van der Waals surface area contributed by atoms with Gasteiger partial charge in [-0.25, -0.2) is 10.1 Å². The van der Waals surface area contributed by atoms with Gasteiger partial charge in [-0.2, -0.15) is 0 Å². The summed E-state index contributed by atoms with van der Waals surface area (Å²) in [6, 6.07) is 0. The molecule has 1 rings (SSSR count). The first kappa shape index (κ1) is 13.6. The Bertz CT molecular complexity index is 345. The smallest absolute Gasteiger partial charge is 0.384 e. The molecule has 0 bridgehead atoms. The van der Waals surface area contributed by atoms with Gasteiger partial charge >= 0.3 is 5.97 Å². The van der Waals surface area contributed by atoms with Gasteiger partial charge in [-0.05, 0) is 19.8 Å². The van der Waals surface area contributed by atoms with Gasteiger partial charge in [0.2, 0.25) is 0 Å². The fourth-order valence-electron chi connectivity index (χ4n) is 1.79. The first-order valence-electron chi connectivity index (χ1n) is 5.93. The van der Waals surface area contributed by atoms with Crippen LogP contribution in [0.25, 0.3) is 0 Å². The molecule has 0 amide bonds. The number of rotatable bonds is 3. The Hall–Kier alpha value is -1.46. The molecule has 1 saturated heterocycles. The quantitative estimate of drug-likeness (QED) is 0.319. The van der Waals surface area contributed by atoms with Crippen LogP contribution in [0.1, 0.15) is 19.8 Å². The van der Waals surface area contributed by atoms with Crippen molar-refractivity contribution in [3.63, 3.8) is 0 Å². The van der Waals surface area contributed by atoms with E-state index in [-0.39, 0.29) is 19.4 Å². The molecular formula is C12H16BNO3. The highest BCUT2D eigenvalue weighted by molar-refractivity contribution is 6.67. The number of hydrogen-bond donors (Lipinski definition) is 0. The Kier molecular flexibility index (Phi) is 6.21. The lowest BCUT2D eigenvalue weighted by atomic mass is 9.42. The second kappa shape index (κ2) is 7.76. The van der Waals surface area contributed by atoms with Gasteiger partial charge in [0.1, 0.15) is 6.61 Å². The molecule has 4 nitrogen and oxygen atoms in total. The van der Waals surface area contributed by atoms with Crippen LogP contribution in [0.5, 0.6) is 0 Å². The molecule has 5 heteroatoms. The van der Waals surface area contributed by atoms with E-state index < -0.39 is 5.97 Å². The number of carbonyl (C=O) groups excluding carboxylic acids is 1. The van der Waals surface area contributed by atoms with Crippen molar-refractivity contribution in [1.82, 2.24) is 0 Å². The van der Waals surface area contributed by atoms with Crippen molar-refractivity contribution in [1.29, 1.82) is 5.26 Å². The molecule has 1 fully saturated rings. The van der Waals surface area contributed by atoms with Crippen LogP contribution in [0.15, 0.2) is 0 Å². The van der Waals surface area contributed by atoms with Crippen molar-refractivity contribution in [2.24, 2.45) is 0 Å². The monoisotopic (exact) mass is 233 g/mol. The normalized spacial score (nSPS) is 15.6. The molecule has 0 N–H and O–H groups in total. The lowest BCUT2D eigenvalue weighted by molar-refractivity contribution is -0.136. The van der Waals surface area contributed by atoms with Crippen LogP contribution in [0, 0.1) is 23.1 Å². The Morgan fingerprint density at radius 1 is 1.47 bits per heavy atom. The molecule has 17 heavy (non-hydrogen) atoms. The fourth-order valence-corrected chi connectivity index (χ4v) is 1.79. The number of carbonyl (C=O) groups is 1. The maximum absolute atomic E-state index is 10.9. The number of nitriles is 1. The molecule has 1 aliphatic heterocycles. The first-order chi connectivity index (χ1) is 8.26. The summed E-state index contributed by atoms with van der Waals surface area (Å²) in [4.78, 5) is 10.9. The number of nitrogens with zero attached hydrogens (tertiary/aromatic N) is 1. The summed E-state index contributed by atoms with van der Waals surface area (Å²) < 4.78 is 10.2. The Balaban J connectivity index is 2.16. The van der Waals surface area contributed by atoms with E-state index in [1.165, 1.54) is 0 Å². The third kappa shape index (κ3) is 5.42. The predicted molar refractivity (Wildman–Crippen MR) is 64.4 cm³/mol. The van der Waals surface area contributed by atoms with E-state index in [1.54, 1.807) is 6.92 Å². The molecule has 0 aromatic heterocycles. The van der Waals surface area contributed by atoms with Gasteiger partial charge in [-0.1, -0.05) is 18.6 Å². The molecule has 0 aromatic rings. The van der Waals surface area contributed by atoms with Gasteiger partial charge in [0, 0.05) is 11.9 Å². The molecule has 1 heterocycles. The van der Waals surface area contributed by atoms with E-state index in [0.717, 1.165) is 25.5 Å². The molecule has 90 valence electrons. The van der Waals surface area contributed by atoms with Crippen LogP contribution in [0.2, 0.25) is 12.6 Å². The predicted octanol–water partition coefficient (Wildman–Crippen LogP) is 1.29. The molecule has 0 radical (unpaired) electrons. The minimum atomic E-state index is -0.510. The topological polar surface area (TPSA) is 59.3 Å². The Morgan fingerprint density at radius 2 is 2.18 bits per heavy atom. The van der Waals surface area contributed by atoms with E-state index in [0.29, 0.717) is 6.61 Å². The van der Waals surface area contributed by atoms with Crippen molar-refractivity contribution in [2.45, 2.75) is 38.5 Å². The molecule has 1 aliphatic rings. The number of hydrogen-bond acceptors (Lipinski definition) is 4. The van der Waals surface area contributed by atoms with Crippen LogP contribution >= 0.6 is 0 Å². The van der Waals surface area contributed by atoms with E-state index in [4.69, 9.17) is 10.00 Å². The SMILES string of the molecule is CCOC(=O)C#CCOC1CCB(C#N)CC1.